The lowest BCUT2D eigenvalue weighted by atomic mass is 10.1. The average Bonchev–Trinajstić information content (AvgIpc) is 2.91. The van der Waals surface area contributed by atoms with Crippen LogP contribution < -0.4 is 10.6 Å². The fraction of sp³-hybridized carbons (Fsp3) is 0. The predicted octanol–water partition coefficient (Wildman–Crippen LogP) is 2.60. The van der Waals surface area contributed by atoms with Gasteiger partial charge in [0.1, 0.15) is 6.33 Å². The molecule has 0 spiro atoms. The molecule has 0 fully saturated rings. The van der Waals surface area contributed by atoms with E-state index in [0.29, 0.717) is 5.95 Å². The fourth-order valence-corrected chi connectivity index (χ4v) is 1.80. The SMILES string of the molecule is O=C(Nc1ccc2ccccc2c1)Nc1ncn[nH]1. The second kappa shape index (κ2) is 4.77. The molecule has 94 valence electrons. The fourth-order valence-electron chi connectivity index (χ4n) is 1.80. The minimum atomic E-state index is -0.368. The molecular formula is C13H11N5O. The number of urea groups is 1. The number of aromatic nitrogens is 3. The van der Waals surface area contributed by atoms with Crippen LogP contribution in [0.4, 0.5) is 16.4 Å². The van der Waals surface area contributed by atoms with Gasteiger partial charge >= 0.3 is 6.03 Å². The van der Waals surface area contributed by atoms with Crippen molar-refractivity contribution in [2.24, 2.45) is 0 Å². The predicted molar refractivity (Wildman–Crippen MR) is 73.0 cm³/mol. The molecule has 0 saturated carbocycles. The van der Waals surface area contributed by atoms with Crippen molar-refractivity contribution in [2.45, 2.75) is 0 Å². The molecule has 2 amide bonds. The summed E-state index contributed by atoms with van der Waals surface area (Å²) in [7, 11) is 0. The molecular weight excluding hydrogens is 242 g/mol. The Morgan fingerprint density at radius 2 is 1.89 bits per heavy atom. The first-order valence-corrected chi connectivity index (χ1v) is 5.73. The summed E-state index contributed by atoms with van der Waals surface area (Å²) >= 11 is 0. The zero-order chi connectivity index (χ0) is 13.1. The number of carbonyl (C=O) groups is 1. The number of carbonyl (C=O) groups excluding carboxylic acids is 1. The number of rotatable bonds is 2. The number of nitrogens with zero attached hydrogens (tertiary/aromatic N) is 2. The molecule has 0 aliphatic heterocycles. The minimum Gasteiger partial charge on any atom is -0.308 e. The maximum absolute atomic E-state index is 11.7. The zero-order valence-corrected chi connectivity index (χ0v) is 9.92. The van der Waals surface area contributed by atoms with Gasteiger partial charge in [0.05, 0.1) is 0 Å². The Hall–Kier alpha value is -2.89. The van der Waals surface area contributed by atoms with Gasteiger partial charge in [-0.05, 0) is 22.9 Å². The third-order valence-corrected chi connectivity index (χ3v) is 2.65. The number of benzene rings is 2. The van der Waals surface area contributed by atoms with E-state index in [2.05, 4.69) is 25.8 Å². The van der Waals surface area contributed by atoms with Crippen molar-refractivity contribution >= 4 is 28.4 Å². The maximum Gasteiger partial charge on any atom is 0.326 e. The van der Waals surface area contributed by atoms with Crippen LogP contribution >= 0.6 is 0 Å². The molecule has 19 heavy (non-hydrogen) atoms. The molecule has 0 radical (unpaired) electrons. The third-order valence-electron chi connectivity index (χ3n) is 2.65. The largest absolute Gasteiger partial charge is 0.326 e. The molecule has 0 saturated heterocycles. The molecule has 0 bridgehead atoms. The molecule has 3 aromatic rings. The van der Waals surface area contributed by atoms with Crippen LogP contribution in [0.2, 0.25) is 0 Å². The number of amides is 2. The van der Waals surface area contributed by atoms with Crippen molar-refractivity contribution in [3.63, 3.8) is 0 Å². The highest BCUT2D eigenvalue weighted by molar-refractivity contribution is 6.00. The summed E-state index contributed by atoms with van der Waals surface area (Å²) in [5.41, 5.74) is 0.718. The van der Waals surface area contributed by atoms with Crippen LogP contribution in [0.25, 0.3) is 10.8 Å². The van der Waals surface area contributed by atoms with E-state index in [4.69, 9.17) is 0 Å². The van der Waals surface area contributed by atoms with Crippen molar-refractivity contribution in [3.05, 3.63) is 48.8 Å². The first-order valence-electron chi connectivity index (χ1n) is 5.73. The van der Waals surface area contributed by atoms with Gasteiger partial charge in [0.25, 0.3) is 0 Å². The summed E-state index contributed by atoms with van der Waals surface area (Å²) in [5.74, 6) is 0.304. The first-order chi connectivity index (χ1) is 9.31. The van der Waals surface area contributed by atoms with Gasteiger partial charge in [-0.25, -0.2) is 9.89 Å². The highest BCUT2D eigenvalue weighted by atomic mass is 16.2. The number of anilines is 2. The summed E-state index contributed by atoms with van der Waals surface area (Å²) in [6, 6.07) is 13.3. The molecule has 6 heteroatoms. The van der Waals surface area contributed by atoms with E-state index in [1.54, 1.807) is 0 Å². The normalized spacial score (nSPS) is 10.3. The Bertz CT molecular complexity index is 708. The summed E-state index contributed by atoms with van der Waals surface area (Å²) in [5, 5.41) is 13.7. The zero-order valence-electron chi connectivity index (χ0n) is 9.92. The Morgan fingerprint density at radius 3 is 2.68 bits per heavy atom. The van der Waals surface area contributed by atoms with E-state index in [1.165, 1.54) is 6.33 Å². The molecule has 0 aliphatic carbocycles. The lowest BCUT2D eigenvalue weighted by Gasteiger charge is -2.06. The number of hydrogen-bond donors (Lipinski definition) is 3. The summed E-state index contributed by atoms with van der Waals surface area (Å²) < 4.78 is 0. The van der Waals surface area contributed by atoms with E-state index in [1.807, 2.05) is 42.5 Å². The molecule has 0 aliphatic rings. The smallest absolute Gasteiger partial charge is 0.308 e. The summed E-state index contributed by atoms with van der Waals surface area (Å²) in [6.07, 6.45) is 1.33. The Kier molecular flexibility index (Phi) is 2.82. The van der Waals surface area contributed by atoms with Gasteiger partial charge in [0.15, 0.2) is 0 Å². The maximum atomic E-state index is 11.7. The van der Waals surface area contributed by atoms with Crippen LogP contribution in [0.5, 0.6) is 0 Å². The van der Waals surface area contributed by atoms with Crippen LogP contribution in [0, 0.1) is 0 Å². The van der Waals surface area contributed by atoms with Gasteiger partial charge in [-0.15, -0.1) is 0 Å². The second-order valence-corrected chi connectivity index (χ2v) is 3.98. The number of fused-ring (bicyclic) bond motifs is 1. The molecule has 1 aromatic heterocycles. The minimum absolute atomic E-state index is 0.304. The topological polar surface area (TPSA) is 82.7 Å². The molecule has 6 nitrogen and oxygen atoms in total. The van der Waals surface area contributed by atoms with Crippen LogP contribution in [0.15, 0.2) is 48.8 Å². The van der Waals surface area contributed by atoms with Gasteiger partial charge in [-0.2, -0.15) is 10.1 Å². The second-order valence-electron chi connectivity index (χ2n) is 3.98. The molecule has 1 heterocycles. The van der Waals surface area contributed by atoms with Crippen LogP contribution in [0.1, 0.15) is 0 Å². The van der Waals surface area contributed by atoms with Crippen LogP contribution in [-0.2, 0) is 0 Å². The highest BCUT2D eigenvalue weighted by Gasteiger charge is 2.04. The Labute approximate surface area is 108 Å². The first kappa shape index (κ1) is 11.2. The van der Waals surface area contributed by atoms with E-state index in [9.17, 15) is 4.79 Å². The van der Waals surface area contributed by atoms with E-state index >= 15 is 0 Å². The Balaban J connectivity index is 1.75. The van der Waals surface area contributed by atoms with Gasteiger partial charge < -0.3 is 5.32 Å². The van der Waals surface area contributed by atoms with E-state index < -0.39 is 0 Å². The van der Waals surface area contributed by atoms with Gasteiger partial charge in [-0.3, -0.25) is 5.32 Å². The lowest BCUT2D eigenvalue weighted by Crippen LogP contribution is -2.20. The monoisotopic (exact) mass is 253 g/mol. The molecule has 0 unspecified atom stereocenters. The summed E-state index contributed by atoms with van der Waals surface area (Å²) in [4.78, 5) is 15.5. The molecule has 3 rings (SSSR count). The van der Waals surface area contributed by atoms with Crippen molar-refractivity contribution in [1.82, 2.24) is 15.2 Å². The van der Waals surface area contributed by atoms with Crippen LogP contribution in [-0.4, -0.2) is 21.2 Å². The van der Waals surface area contributed by atoms with Crippen molar-refractivity contribution in [2.75, 3.05) is 10.6 Å². The number of aromatic amines is 1. The molecule has 0 atom stereocenters. The van der Waals surface area contributed by atoms with Crippen LogP contribution in [0.3, 0.4) is 0 Å². The molecule has 3 N–H and O–H groups in total. The number of hydrogen-bond acceptors (Lipinski definition) is 3. The van der Waals surface area contributed by atoms with Gasteiger partial charge in [0, 0.05) is 5.69 Å². The average molecular weight is 253 g/mol. The number of H-pyrrole nitrogens is 1. The summed E-state index contributed by atoms with van der Waals surface area (Å²) in [6.45, 7) is 0. The highest BCUT2D eigenvalue weighted by Crippen LogP contribution is 2.18. The van der Waals surface area contributed by atoms with E-state index in [0.717, 1.165) is 16.5 Å². The van der Waals surface area contributed by atoms with Gasteiger partial charge in [-0.1, -0.05) is 30.3 Å². The van der Waals surface area contributed by atoms with Crippen molar-refractivity contribution in [1.29, 1.82) is 0 Å². The van der Waals surface area contributed by atoms with Crippen molar-refractivity contribution in [3.8, 4) is 0 Å². The standard InChI is InChI=1S/C13H11N5O/c19-13(17-12-14-8-15-18-12)16-11-6-5-9-3-1-2-4-10(9)7-11/h1-8H,(H3,14,15,16,17,18,19). The lowest BCUT2D eigenvalue weighted by molar-refractivity contribution is 0.262. The van der Waals surface area contributed by atoms with Gasteiger partial charge in [0.2, 0.25) is 5.95 Å². The van der Waals surface area contributed by atoms with Crippen molar-refractivity contribution < 1.29 is 4.79 Å². The van der Waals surface area contributed by atoms with E-state index in [-0.39, 0.29) is 6.03 Å². The quantitative estimate of drug-likeness (QED) is 0.656. The third kappa shape index (κ3) is 2.52. The molecule has 2 aromatic carbocycles. The Morgan fingerprint density at radius 1 is 1.05 bits per heavy atom. The number of nitrogens with one attached hydrogen (secondary N) is 3.